The van der Waals surface area contributed by atoms with E-state index in [1.54, 1.807) is 10.9 Å². The second kappa shape index (κ2) is 4.06. The van der Waals surface area contributed by atoms with Crippen molar-refractivity contribution in [1.29, 1.82) is 0 Å². The molecule has 94 valence electrons. The van der Waals surface area contributed by atoms with Crippen molar-refractivity contribution in [2.75, 3.05) is 20.3 Å². The second-order valence-corrected chi connectivity index (χ2v) is 4.16. The third-order valence-corrected chi connectivity index (χ3v) is 3.06. The van der Waals surface area contributed by atoms with E-state index < -0.39 is 11.8 Å². The number of carbonyl (C=O) groups is 1. The van der Waals surface area contributed by atoms with Crippen molar-refractivity contribution in [3.05, 3.63) is 29.7 Å². The van der Waals surface area contributed by atoms with Crippen LogP contribution in [-0.2, 0) is 9.47 Å². The molecule has 5 nitrogen and oxygen atoms in total. The molecule has 0 unspecified atom stereocenters. The fraction of sp³-hybridized carbons (Fsp3) is 0.333. The van der Waals surface area contributed by atoms with Gasteiger partial charge in [-0.2, -0.15) is 5.10 Å². The standard InChI is InChI=1S/C12H11FN2O3/c1-17-12(16)9-3-11-7(2-10(9)13)4-14-15(11)8-5-18-6-8/h2-4,8H,5-6H2,1H3. The Morgan fingerprint density at radius 1 is 1.56 bits per heavy atom. The number of halogens is 1. The Morgan fingerprint density at radius 2 is 2.33 bits per heavy atom. The minimum atomic E-state index is -0.688. The SMILES string of the molecule is COC(=O)c1cc2c(cnn2C2COC2)cc1F. The molecule has 1 aromatic heterocycles. The van der Waals surface area contributed by atoms with Crippen LogP contribution in [0.3, 0.4) is 0 Å². The number of nitrogens with zero attached hydrogens (tertiary/aromatic N) is 2. The Bertz CT molecular complexity index is 619. The summed E-state index contributed by atoms with van der Waals surface area (Å²) in [7, 11) is 1.23. The highest BCUT2D eigenvalue weighted by molar-refractivity contribution is 5.94. The predicted molar refractivity (Wildman–Crippen MR) is 60.9 cm³/mol. The topological polar surface area (TPSA) is 53.3 Å². The number of methoxy groups -OCH3 is 1. The van der Waals surface area contributed by atoms with E-state index in [9.17, 15) is 9.18 Å². The number of hydrogen-bond donors (Lipinski definition) is 0. The summed E-state index contributed by atoms with van der Waals surface area (Å²) in [6.07, 6.45) is 1.58. The molecular formula is C12H11FN2O3. The molecule has 1 aliphatic rings. The summed E-state index contributed by atoms with van der Waals surface area (Å²) >= 11 is 0. The lowest BCUT2D eigenvalue weighted by atomic mass is 10.1. The fourth-order valence-electron chi connectivity index (χ4n) is 1.99. The zero-order valence-electron chi connectivity index (χ0n) is 9.72. The van der Waals surface area contributed by atoms with Crippen LogP contribution in [0.4, 0.5) is 4.39 Å². The van der Waals surface area contributed by atoms with Gasteiger partial charge in [0, 0.05) is 5.39 Å². The molecule has 1 aliphatic heterocycles. The quantitative estimate of drug-likeness (QED) is 0.758. The maximum absolute atomic E-state index is 13.7. The summed E-state index contributed by atoms with van der Waals surface area (Å²) in [5.41, 5.74) is 0.636. The first-order valence-electron chi connectivity index (χ1n) is 5.53. The van der Waals surface area contributed by atoms with Crippen molar-refractivity contribution in [2.24, 2.45) is 0 Å². The molecule has 6 heteroatoms. The lowest BCUT2D eigenvalue weighted by molar-refractivity contribution is -0.0266. The van der Waals surface area contributed by atoms with Gasteiger partial charge in [-0.1, -0.05) is 0 Å². The van der Waals surface area contributed by atoms with Crippen LogP contribution in [0.1, 0.15) is 16.4 Å². The maximum Gasteiger partial charge on any atom is 0.340 e. The molecule has 0 spiro atoms. The highest BCUT2D eigenvalue weighted by Crippen LogP contribution is 2.25. The Labute approximate surface area is 102 Å². The monoisotopic (exact) mass is 250 g/mol. The molecule has 1 aromatic carbocycles. The van der Waals surface area contributed by atoms with E-state index in [1.165, 1.54) is 19.2 Å². The van der Waals surface area contributed by atoms with E-state index in [0.717, 1.165) is 0 Å². The zero-order chi connectivity index (χ0) is 12.7. The van der Waals surface area contributed by atoms with Crippen molar-refractivity contribution in [1.82, 2.24) is 9.78 Å². The lowest BCUT2D eigenvalue weighted by Crippen LogP contribution is -2.31. The van der Waals surface area contributed by atoms with E-state index >= 15 is 0 Å². The molecule has 0 saturated carbocycles. The molecule has 0 bridgehead atoms. The maximum atomic E-state index is 13.7. The zero-order valence-corrected chi connectivity index (χ0v) is 9.72. The predicted octanol–water partition coefficient (Wildman–Crippen LogP) is 1.53. The van der Waals surface area contributed by atoms with Gasteiger partial charge in [0.25, 0.3) is 0 Å². The number of aromatic nitrogens is 2. The van der Waals surface area contributed by atoms with Crippen LogP contribution in [-0.4, -0.2) is 36.1 Å². The van der Waals surface area contributed by atoms with Gasteiger partial charge in [0.2, 0.25) is 0 Å². The van der Waals surface area contributed by atoms with Gasteiger partial charge in [-0.25, -0.2) is 9.18 Å². The van der Waals surface area contributed by atoms with Gasteiger partial charge in [0.05, 0.1) is 43.6 Å². The molecule has 0 amide bonds. The third kappa shape index (κ3) is 1.57. The molecule has 2 aromatic rings. The Morgan fingerprint density at radius 3 is 2.94 bits per heavy atom. The molecule has 0 aliphatic carbocycles. The van der Waals surface area contributed by atoms with Crippen LogP contribution in [0.15, 0.2) is 18.3 Å². The molecule has 0 radical (unpaired) electrons. The molecule has 0 N–H and O–H groups in total. The van der Waals surface area contributed by atoms with Gasteiger partial charge >= 0.3 is 5.97 Å². The summed E-state index contributed by atoms with van der Waals surface area (Å²) in [6, 6.07) is 2.92. The first kappa shape index (κ1) is 11.2. The minimum absolute atomic E-state index is 0.0769. The normalized spacial score (nSPS) is 15.7. The highest BCUT2D eigenvalue weighted by Gasteiger charge is 2.24. The number of fused-ring (bicyclic) bond motifs is 1. The smallest absolute Gasteiger partial charge is 0.340 e. The largest absolute Gasteiger partial charge is 0.465 e. The first-order valence-corrected chi connectivity index (χ1v) is 5.53. The number of benzene rings is 1. The molecular weight excluding hydrogens is 239 g/mol. The van der Waals surface area contributed by atoms with Crippen molar-refractivity contribution in [2.45, 2.75) is 6.04 Å². The van der Waals surface area contributed by atoms with Crippen molar-refractivity contribution >= 4 is 16.9 Å². The van der Waals surface area contributed by atoms with Gasteiger partial charge in [-0.05, 0) is 12.1 Å². The number of hydrogen-bond acceptors (Lipinski definition) is 4. The number of carbonyl (C=O) groups excluding carboxylic acids is 1. The third-order valence-electron chi connectivity index (χ3n) is 3.06. The summed E-state index contributed by atoms with van der Waals surface area (Å²) in [5.74, 6) is -1.29. The van der Waals surface area contributed by atoms with E-state index in [2.05, 4.69) is 9.84 Å². The Balaban J connectivity index is 2.15. The second-order valence-electron chi connectivity index (χ2n) is 4.16. The molecule has 3 rings (SSSR count). The fourth-order valence-corrected chi connectivity index (χ4v) is 1.99. The summed E-state index contributed by atoms with van der Waals surface area (Å²) in [5, 5.41) is 4.86. The average molecular weight is 250 g/mol. The summed E-state index contributed by atoms with van der Waals surface area (Å²) in [6.45, 7) is 1.17. The van der Waals surface area contributed by atoms with Crippen molar-refractivity contribution < 1.29 is 18.7 Å². The number of esters is 1. The van der Waals surface area contributed by atoms with Gasteiger partial charge in [0.1, 0.15) is 5.82 Å². The average Bonchev–Trinajstić information content (AvgIpc) is 2.68. The van der Waals surface area contributed by atoms with E-state index in [0.29, 0.717) is 24.1 Å². The molecule has 0 atom stereocenters. The molecule has 1 fully saturated rings. The van der Waals surface area contributed by atoms with Crippen LogP contribution in [0.25, 0.3) is 10.9 Å². The molecule has 2 heterocycles. The van der Waals surface area contributed by atoms with Gasteiger partial charge in [0.15, 0.2) is 0 Å². The van der Waals surface area contributed by atoms with Crippen molar-refractivity contribution in [3.63, 3.8) is 0 Å². The Hall–Kier alpha value is -1.95. The summed E-state index contributed by atoms with van der Waals surface area (Å²) in [4.78, 5) is 11.4. The number of ether oxygens (including phenoxy) is 2. The van der Waals surface area contributed by atoms with E-state index in [1.807, 2.05) is 0 Å². The van der Waals surface area contributed by atoms with Crippen LogP contribution < -0.4 is 0 Å². The molecule has 1 saturated heterocycles. The minimum Gasteiger partial charge on any atom is -0.465 e. The van der Waals surface area contributed by atoms with Crippen LogP contribution in [0.5, 0.6) is 0 Å². The summed E-state index contributed by atoms with van der Waals surface area (Å²) < 4.78 is 25.1. The van der Waals surface area contributed by atoms with Crippen LogP contribution in [0, 0.1) is 5.82 Å². The first-order chi connectivity index (χ1) is 8.70. The van der Waals surface area contributed by atoms with Crippen LogP contribution in [0.2, 0.25) is 0 Å². The van der Waals surface area contributed by atoms with Gasteiger partial charge in [-0.15, -0.1) is 0 Å². The lowest BCUT2D eigenvalue weighted by Gasteiger charge is -2.26. The Kier molecular flexibility index (Phi) is 2.52. The highest BCUT2D eigenvalue weighted by atomic mass is 19.1. The van der Waals surface area contributed by atoms with Crippen LogP contribution >= 0.6 is 0 Å². The van der Waals surface area contributed by atoms with E-state index in [4.69, 9.17) is 4.74 Å². The van der Waals surface area contributed by atoms with Crippen molar-refractivity contribution in [3.8, 4) is 0 Å². The van der Waals surface area contributed by atoms with E-state index in [-0.39, 0.29) is 11.6 Å². The van der Waals surface area contributed by atoms with Gasteiger partial charge in [-0.3, -0.25) is 4.68 Å². The number of rotatable bonds is 2. The molecule has 18 heavy (non-hydrogen) atoms. The van der Waals surface area contributed by atoms with Gasteiger partial charge < -0.3 is 9.47 Å².